The van der Waals surface area contributed by atoms with Gasteiger partial charge in [0.2, 0.25) is 11.8 Å². The Hall–Kier alpha value is -2.91. The summed E-state index contributed by atoms with van der Waals surface area (Å²) in [4.78, 5) is 19.3. The van der Waals surface area contributed by atoms with Crippen LogP contribution in [0.2, 0.25) is 0 Å². The Balaban J connectivity index is 2.23. The van der Waals surface area contributed by atoms with Gasteiger partial charge in [0.25, 0.3) is 5.69 Å². The monoisotopic (exact) mass is 398 g/mol. The number of benzene rings is 1. The number of nitro groups is 1. The summed E-state index contributed by atoms with van der Waals surface area (Å²) in [6, 6.07) is 5.51. The predicted octanol–water partition coefficient (Wildman–Crippen LogP) is 5.13. The van der Waals surface area contributed by atoms with Crippen molar-refractivity contribution >= 4 is 17.3 Å². The third-order valence-electron chi connectivity index (χ3n) is 4.03. The molecule has 152 valence electrons. The molecule has 1 heterocycles. The van der Waals surface area contributed by atoms with Crippen LogP contribution in [0.3, 0.4) is 0 Å². The first-order chi connectivity index (χ1) is 13.2. The second-order valence-corrected chi connectivity index (χ2v) is 6.13. The number of anilines is 2. The lowest BCUT2D eigenvalue weighted by Crippen LogP contribution is -2.17. The number of hydrogen-bond donors (Lipinski definition) is 0. The quantitative estimate of drug-likeness (QED) is 0.331. The Morgan fingerprint density at radius 2 is 1.86 bits per heavy atom. The van der Waals surface area contributed by atoms with Crippen molar-refractivity contribution in [2.75, 3.05) is 18.6 Å². The standard InChI is InChI=1S/C18H21F3N4O3/c1-3-4-5-6-11-28-16-15(18(19,20)21)12-22-17(23-16)24(2)13-7-9-14(10-8-13)25(26)27/h7-10,12H,3-6,11H2,1-2H3. The number of alkyl halides is 3. The zero-order valence-electron chi connectivity index (χ0n) is 15.6. The van der Waals surface area contributed by atoms with Gasteiger partial charge in [0.1, 0.15) is 5.56 Å². The number of aromatic nitrogens is 2. The first kappa shape index (κ1) is 21.4. The molecule has 0 unspecified atom stereocenters. The fourth-order valence-corrected chi connectivity index (χ4v) is 2.43. The van der Waals surface area contributed by atoms with Gasteiger partial charge in [-0.05, 0) is 18.6 Å². The Morgan fingerprint density at radius 3 is 2.43 bits per heavy atom. The lowest BCUT2D eigenvalue weighted by molar-refractivity contribution is -0.384. The van der Waals surface area contributed by atoms with Crippen LogP contribution in [-0.2, 0) is 6.18 Å². The maximum atomic E-state index is 13.2. The van der Waals surface area contributed by atoms with E-state index in [1.807, 2.05) is 6.92 Å². The fourth-order valence-electron chi connectivity index (χ4n) is 2.43. The van der Waals surface area contributed by atoms with Gasteiger partial charge in [0.05, 0.1) is 11.5 Å². The minimum atomic E-state index is -4.64. The smallest absolute Gasteiger partial charge is 0.423 e. The van der Waals surface area contributed by atoms with Crippen LogP contribution in [0.15, 0.2) is 30.5 Å². The van der Waals surface area contributed by atoms with Gasteiger partial charge in [-0.2, -0.15) is 18.2 Å². The molecule has 0 spiro atoms. The number of rotatable bonds is 9. The number of unbranched alkanes of at least 4 members (excludes halogenated alkanes) is 3. The lowest BCUT2D eigenvalue weighted by Gasteiger charge is -2.19. The number of ether oxygens (including phenoxy) is 1. The van der Waals surface area contributed by atoms with E-state index >= 15 is 0 Å². The molecule has 2 rings (SSSR count). The normalized spacial score (nSPS) is 11.3. The first-order valence-corrected chi connectivity index (χ1v) is 8.79. The summed E-state index contributed by atoms with van der Waals surface area (Å²) in [5.74, 6) is -0.534. The van der Waals surface area contributed by atoms with E-state index in [1.165, 1.54) is 29.2 Å². The molecule has 0 atom stereocenters. The first-order valence-electron chi connectivity index (χ1n) is 8.79. The molecular formula is C18H21F3N4O3. The van der Waals surface area contributed by atoms with E-state index in [0.29, 0.717) is 18.3 Å². The zero-order valence-corrected chi connectivity index (χ0v) is 15.6. The van der Waals surface area contributed by atoms with Gasteiger partial charge in [0, 0.05) is 31.1 Å². The van der Waals surface area contributed by atoms with E-state index in [-0.39, 0.29) is 18.2 Å². The topological polar surface area (TPSA) is 81.4 Å². The van der Waals surface area contributed by atoms with Crippen molar-refractivity contribution in [3.63, 3.8) is 0 Å². The predicted molar refractivity (Wildman–Crippen MR) is 97.8 cm³/mol. The summed E-state index contributed by atoms with van der Waals surface area (Å²) >= 11 is 0. The molecule has 10 heteroatoms. The summed E-state index contributed by atoms with van der Waals surface area (Å²) < 4.78 is 45.0. The second-order valence-electron chi connectivity index (χ2n) is 6.13. The van der Waals surface area contributed by atoms with Gasteiger partial charge >= 0.3 is 6.18 Å². The van der Waals surface area contributed by atoms with Crippen LogP contribution >= 0.6 is 0 Å². The highest BCUT2D eigenvalue weighted by Gasteiger charge is 2.36. The third kappa shape index (κ3) is 5.54. The van der Waals surface area contributed by atoms with Crippen LogP contribution in [0.1, 0.15) is 38.2 Å². The molecule has 0 aliphatic rings. The fraction of sp³-hybridized carbons (Fsp3) is 0.444. The van der Waals surface area contributed by atoms with Gasteiger partial charge in [-0.1, -0.05) is 26.2 Å². The molecule has 0 amide bonds. The Bertz CT molecular complexity index is 798. The van der Waals surface area contributed by atoms with Crippen LogP contribution < -0.4 is 9.64 Å². The van der Waals surface area contributed by atoms with E-state index in [9.17, 15) is 23.3 Å². The molecule has 2 aromatic rings. The van der Waals surface area contributed by atoms with Crippen LogP contribution in [0.4, 0.5) is 30.5 Å². The molecular weight excluding hydrogens is 377 g/mol. The molecule has 0 radical (unpaired) electrons. The highest BCUT2D eigenvalue weighted by atomic mass is 19.4. The Labute approximate surface area is 160 Å². The van der Waals surface area contributed by atoms with Gasteiger partial charge in [0.15, 0.2) is 0 Å². The van der Waals surface area contributed by atoms with Crippen molar-refractivity contribution < 1.29 is 22.8 Å². The molecule has 1 aromatic carbocycles. The van der Waals surface area contributed by atoms with Gasteiger partial charge in [-0.3, -0.25) is 10.1 Å². The van der Waals surface area contributed by atoms with Gasteiger partial charge in [-0.15, -0.1) is 0 Å². The van der Waals surface area contributed by atoms with Crippen molar-refractivity contribution in [1.82, 2.24) is 9.97 Å². The van der Waals surface area contributed by atoms with Gasteiger partial charge in [-0.25, -0.2) is 4.98 Å². The SMILES string of the molecule is CCCCCCOc1nc(N(C)c2ccc([N+](=O)[O-])cc2)ncc1C(F)(F)F. The molecule has 0 aliphatic carbocycles. The molecule has 28 heavy (non-hydrogen) atoms. The summed E-state index contributed by atoms with van der Waals surface area (Å²) in [7, 11) is 1.55. The third-order valence-corrected chi connectivity index (χ3v) is 4.03. The molecule has 0 bridgehead atoms. The van der Waals surface area contributed by atoms with E-state index in [2.05, 4.69) is 9.97 Å². The van der Waals surface area contributed by atoms with Crippen LogP contribution in [0, 0.1) is 10.1 Å². The Morgan fingerprint density at radius 1 is 1.18 bits per heavy atom. The molecule has 0 N–H and O–H groups in total. The summed E-state index contributed by atoms with van der Waals surface area (Å²) in [5.41, 5.74) is -0.648. The second kappa shape index (κ2) is 9.34. The number of non-ortho nitro benzene ring substituents is 1. The van der Waals surface area contributed by atoms with E-state index < -0.39 is 22.5 Å². The van der Waals surface area contributed by atoms with E-state index in [1.54, 1.807) is 7.05 Å². The number of halogens is 3. The number of nitrogens with zero attached hydrogens (tertiary/aromatic N) is 4. The lowest BCUT2D eigenvalue weighted by atomic mass is 10.2. The van der Waals surface area contributed by atoms with Crippen molar-refractivity contribution in [3.05, 3.63) is 46.1 Å². The average molecular weight is 398 g/mol. The minimum absolute atomic E-state index is 0.00888. The number of nitro benzene ring substituents is 1. The van der Waals surface area contributed by atoms with Crippen LogP contribution in [0.5, 0.6) is 5.88 Å². The molecule has 0 saturated carbocycles. The van der Waals surface area contributed by atoms with Crippen LogP contribution in [0.25, 0.3) is 0 Å². The van der Waals surface area contributed by atoms with Gasteiger partial charge < -0.3 is 9.64 Å². The van der Waals surface area contributed by atoms with Crippen molar-refractivity contribution in [3.8, 4) is 5.88 Å². The van der Waals surface area contributed by atoms with Crippen molar-refractivity contribution in [2.45, 2.75) is 38.8 Å². The molecule has 1 aromatic heterocycles. The maximum absolute atomic E-state index is 13.2. The van der Waals surface area contributed by atoms with E-state index in [4.69, 9.17) is 4.74 Å². The molecule has 0 fully saturated rings. The largest absolute Gasteiger partial charge is 0.477 e. The highest BCUT2D eigenvalue weighted by molar-refractivity contribution is 5.58. The maximum Gasteiger partial charge on any atom is 0.423 e. The zero-order chi connectivity index (χ0) is 20.7. The molecule has 0 saturated heterocycles. The summed E-state index contributed by atoms with van der Waals surface area (Å²) in [6.45, 7) is 2.16. The Kier molecular flexibility index (Phi) is 7.13. The molecule has 7 nitrogen and oxygen atoms in total. The summed E-state index contributed by atoms with van der Waals surface area (Å²) in [5, 5.41) is 10.7. The number of hydrogen-bond acceptors (Lipinski definition) is 6. The van der Waals surface area contributed by atoms with E-state index in [0.717, 1.165) is 19.3 Å². The average Bonchev–Trinajstić information content (AvgIpc) is 2.66. The minimum Gasteiger partial charge on any atom is -0.477 e. The van der Waals surface area contributed by atoms with Crippen molar-refractivity contribution in [2.24, 2.45) is 0 Å². The molecule has 0 aliphatic heterocycles. The summed E-state index contributed by atoms with van der Waals surface area (Å²) in [6.07, 6.45) is -0.477. The highest BCUT2D eigenvalue weighted by Crippen LogP contribution is 2.36. The van der Waals surface area contributed by atoms with Crippen molar-refractivity contribution in [1.29, 1.82) is 0 Å². The van der Waals surface area contributed by atoms with Crippen LogP contribution in [-0.4, -0.2) is 28.5 Å².